The van der Waals surface area contributed by atoms with Crippen LogP contribution < -0.4 is 0 Å². The zero-order chi connectivity index (χ0) is 9.52. The summed E-state index contributed by atoms with van der Waals surface area (Å²) in [7, 11) is 0. The van der Waals surface area contributed by atoms with Crippen LogP contribution in [0, 0.1) is 0 Å². The van der Waals surface area contributed by atoms with Crippen molar-refractivity contribution in [2.75, 3.05) is 5.75 Å². The van der Waals surface area contributed by atoms with Gasteiger partial charge in [0, 0.05) is 24.6 Å². The molecule has 0 spiro atoms. The molecule has 13 heavy (non-hydrogen) atoms. The highest BCUT2D eigenvalue weighted by Crippen LogP contribution is 2.14. The number of hydrogen-bond acceptors (Lipinski definition) is 3. The van der Waals surface area contributed by atoms with Crippen LogP contribution in [0.4, 0.5) is 0 Å². The van der Waals surface area contributed by atoms with Crippen LogP contribution in [0.3, 0.4) is 0 Å². The van der Waals surface area contributed by atoms with Gasteiger partial charge in [-0.25, -0.2) is 4.98 Å². The van der Waals surface area contributed by atoms with Crippen molar-refractivity contribution in [3.8, 4) is 0 Å². The van der Waals surface area contributed by atoms with Gasteiger partial charge >= 0.3 is 0 Å². The number of hydrogen-bond donors (Lipinski definition) is 1. The number of unbranched alkanes of at least 4 members (excludes halogenated alkanes) is 1. The molecule has 0 amide bonds. The van der Waals surface area contributed by atoms with E-state index in [4.69, 9.17) is 0 Å². The average molecular weight is 198 g/mol. The molecular weight excluding hydrogens is 184 g/mol. The molecule has 0 fully saturated rings. The van der Waals surface area contributed by atoms with Crippen LogP contribution >= 0.6 is 11.8 Å². The van der Waals surface area contributed by atoms with Crippen LogP contribution in [0.5, 0.6) is 0 Å². The van der Waals surface area contributed by atoms with E-state index < -0.39 is 0 Å². The summed E-state index contributed by atoms with van der Waals surface area (Å²) in [4.78, 5) is 17.7. The van der Waals surface area contributed by atoms with E-state index in [-0.39, 0.29) is 5.78 Å². The number of H-pyrrole nitrogens is 1. The second-order valence-corrected chi connectivity index (χ2v) is 3.99. The molecule has 1 N–H and O–H groups in total. The van der Waals surface area contributed by atoms with E-state index in [1.807, 2.05) is 6.20 Å². The molecule has 4 heteroatoms. The quantitative estimate of drug-likeness (QED) is 0.563. The van der Waals surface area contributed by atoms with E-state index in [1.165, 1.54) is 0 Å². The van der Waals surface area contributed by atoms with Crippen molar-refractivity contribution >= 4 is 17.5 Å². The fraction of sp³-hybridized carbons (Fsp3) is 0.556. The normalized spacial score (nSPS) is 10.2. The summed E-state index contributed by atoms with van der Waals surface area (Å²) in [6, 6.07) is 0. The van der Waals surface area contributed by atoms with Crippen molar-refractivity contribution in [2.24, 2.45) is 0 Å². The zero-order valence-electron chi connectivity index (χ0n) is 7.75. The molecule has 0 aliphatic carbocycles. The molecular formula is C9H14N2OS. The monoisotopic (exact) mass is 198 g/mol. The van der Waals surface area contributed by atoms with Gasteiger partial charge in [0.2, 0.25) is 0 Å². The van der Waals surface area contributed by atoms with E-state index in [0.717, 1.165) is 23.8 Å². The van der Waals surface area contributed by atoms with Gasteiger partial charge in [-0.2, -0.15) is 0 Å². The van der Waals surface area contributed by atoms with E-state index >= 15 is 0 Å². The third-order valence-electron chi connectivity index (χ3n) is 1.64. The summed E-state index contributed by atoms with van der Waals surface area (Å²) >= 11 is 1.70. The Hall–Kier alpha value is -0.770. The Morgan fingerprint density at radius 1 is 1.62 bits per heavy atom. The molecule has 0 aliphatic rings. The van der Waals surface area contributed by atoms with E-state index in [1.54, 1.807) is 24.9 Å². The Bertz CT molecular complexity index is 246. The van der Waals surface area contributed by atoms with Crippen LogP contribution in [0.1, 0.15) is 26.2 Å². The van der Waals surface area contributed by atoms with Crippen LogP contribution in [-0.4, -0.2) is 21.5 Å². The van der Waals surface area contributed by atoms with Gasteiger partial charge in [0.1, 0.15) is 5.78 Å². The number of carbonyl (C=O) groups is 1. The van der Waals surface area contributed by atoms with Crippen molar-refractivity contribution in [2.45, 2.75) is 31.3 Å². The second-order valence-electron chi connectivity index (χ2n) is 2.90. The van der Waals surface area contributed by atoms with Gasteiger partial charge in [0.25, 0.3) is 0 Å². The van der Waals surface area contributed by atoms with Crippen molar-refractivity contribution in [1.29, 1.82) is 0 Å². The summed E-state index contributed by atoms with van der Waals surface area (Å²) in [6.45, 7) is 1.64. The number of rotatable bonds is 6. The molecule has 0 unspecified atom stereocenters. The topological polar surface area (TPSA) is 45.8 Å². The van der Waals surface area contributed by atoms with Gasteiger partial charge in [-0.05, 0) is 19.8 Å². The average Bonchev–Trinajstić information content (AvgIpc) is 2.55. The first-order valence-electron chi connectivity index (χ1n) is 4.40. The smallest absolute Gasteiger partial charge is 0.165 e. The number of aromatic amines is 1. The Labute approximate surface area is 82.3 Å². The van der Waals surface area contributed by atoms with E-state index in [9.17, 15) is 4.79 Å². The van der Waals surface area contributed by atoms with Crippen molar-refractivity contribution in [1.82, 2.24) is 9.97 Å². The molecule has 1 heterocycles. The van der Waals surface area contributed by atoms with Gasteiger partial charge in [0.15, 0.2) is 5.16 Å². The minimum absolute atomic E-state index is 0.281. The third kappa shape index (κ3) is 4.72. The first kappa shape index (κ1) is 10.3. The summed E-state index contributed by atoms with van der Waals surface area (Å²) in [5.74, 6) is 1.31. The molecule has 0 aliphatic heterocycles. The number of ketones is 1. The summed E-state index contributed by atoms with van der Waals surface area (Å²) in [6.07, 6.45) is 6.34. The Morgan fingerprint density at radius 3 is 3.08 bits per heavy atom. The number of imidazole rings is 1. The Kier molecular flexibility index (Phi) is 4.60. The highest BCUT2D eigenvalue weighted by molar-refractivity contribution is 7.99. The predicted molar refractivity (Wildman–Crippen MR) is 53.8 cm³/mol. The van der Waals surface area contributed by atoms with Gasteiger partial charge in [-0.1, -0.05) is 11.8 Å². The minimum Gasteiger partial charge on any atom is -0.340 e. The fourth-order valence-electron chi connectivity index (χ4n) is 0.975. The second kappa shape index (κ2) is 5.80. The number of Topliss-reactive ketones (excluding diaryl/α,β-unsaturated/α-hetero) is 1. The summed E-state index contributed by atoms with van der Waals surface area (Å²) in [5, 5.41) is 0.961. The van der Waals surface area contributed by atoms with Crippen molar-refractivity contribution in [3.05, 3.63) is 12.4 Å². The maximum absolute atomic E-state index is 10.6. The highest BCUT2D eigenvalue weighted by atomic mass is 32.2. The summed E-state index contributed by atoms with van der Waals surface area (Å²) < 4.78 is 0. The van der Waals surface area contributed by atoms with Crippen molar-refractivity contribution in [3.63, 3.8) is 0 Å². The molecule has 1 rings (SSSR count). The van der Waals surface area contributed by atoms with E-state index in [0.29, 0.717) is 6.42 Å². The highest BCUT2D eigenvalue weighted by Gasteiger charge is 1.96. The number of carbonyl (C=O) groups excluding carboxylic acids is 1. The summed E-state index contributed by atoms with van der Waals surface area (Å²) in [5.41, 5.74) is 0. The fourth-order valence-corrected chi connectivity index (χ4v) is 1.80. The maximum Gasteiger partial charge on any atom is 0.165 e. The number of nitrogens with zero attached hydrogens (tertiary/aromatic N) is 1. The Morgan fingerprint density at radius 2 is 2.46 bits per heavy atom. The predicted octanol–water partition coefficient (Wildman–Crippen LogP) is 2.26. The molecule has 3 nitrogen and oxygen atoms in total. The minimum atomic E-state index is 0.281. The standard InChI is InChI=1S/C9H14N2OS/c1-8(12)4-2-3-7-13-9-10-5-6-11-9/h5-6H,2-4,7H2,1H3,(H,10,11). The van der Waals surface area contributed by atoms with Crippen LogP contribution in [-0.2, 0) is 4.79 Å². The van der Waals surface area contributed by atoms with E-state index in [2.05, 4.69) is 9.97 Å². The van der Waals surface area contributed by atoms with Gasteiger partial charge in [-0.15, -0.1) is 0 Å². The van der Waals surface area contributed by atoms with Gasteiger partial charge in [0.05, 0.1) is 0 Å². The van der Waals surface area contributed by atoms with Gasteiger partial charge < -0.3 is 9.78 Å². The lowest BCUT2D eigenvalue weighted by Crippen LogP contribution is -1.90. The lowest BCUT2D eigenvalue weighted by atomic mass is 10.2. The Balaban J connectivity index is 1.99. The maximum atomic E-state index is 10.6. The van der Waals surface area contributed by atoms with Crippen LogP contribution in [0.25, 0.3) is 0 Å². The SMILES string of the molecule is CC(=O)CCCCSc1ncc[nH]1. The molecule has 0 bridgehead atoms. The molecule has 72 valence electrons. The first-order valence-corrected chi connectivity index (χ1v) is 5.39. The lowest BCUT2D eigenvalue weighted by Gasteiger charge is -1.96. The molecule has 0 saturated carbocycles. The zero-order valence-corrected chi connectivity index (χ0v) is 8.56. The first-order chi connectivity index (χ1) is 6.29. The largest absolute Gasteiger partial charge is 0.340 e. The molecule has 0 aromatic carbocycles. The lowest BCUT2D eigenvalue weighted by molar-refractivity contribution is -0.117. The number of aromatic nitrogens is 2. The van der Waals surface area contributed by atoms with Crippen LogP contribution in [0.2, 0.25) is 0 Å². The third-order valence-corrected chi connectivity index (χ3v) is 2.62. The molecule has 1 aromatic heterocycles. The molecule has 0 atom stereocenters. The molecule has 0 saturated heterocycles. The number of nitrogens with one attached hydrogen (secondary N) is 1. The van der Waals surface area contributed by atoms with Crippen molar-refractivity contribution < 1.29 is 4.79 Å². The van der Waals surface area contributed by atoms with Crippen LogP contribution in [0.15, 0.2) is 17.6 Å². The number of thioether (sulfide) groups is 1. The molecule has 1 aromatic rings. The molecule has 0 radical (unpaired) electrons. The van der Waals surface area contributed by atoms with Gasteiger partial charge in [-0.3, -0.25) is 0 Å².